The highest BCUT2D eigenvalue weighted by atomic mass is 16.3. The van der Waals surface area contributed by atoms with Gasteiger partial charge in [0.1, 0.15) is 0 Å². The second-order valence-corrected chi connectivity index (χ2v) is 5.98. The molecular formula is C17H28N4O2. The number of urea groups is 1. The zero-order valence-corrected chi connectivity index (χ0v) is 13.9. The third-order valence-electron chi connectivity index (χ3n) is 4.20. The van der Waals surface area contributed by atoms with Gasteiger partial charge in [0, 0.05) is 59.4 Å². The van der Waals surface area contributed by atoms with Crippen LogP contribution in [0.5, 0.6) is 0 Å². The average Bonchev–Trinajstić information content (AvgIpc) is 2.57. The van der Waals surface area contributed by atoms with Crippen LogP contribution in [0.4, 0.5) is 4.79 Å². The van der Waals surface area contributed by atoms with Gasteiger partial charge in [-0.3, -0.25) is 9.80 Å². The van der Waals surface area contributed by atoms with E-state index in [-0.39, 0.29) is 12.6 Å². The first-order valence-electron chi connectivity index (χ1n) is 8.27. The predicted molar refractivity (Wildman–Crippen MR) is 91.3 cm³/mol. The lowest BCUT2D eigenvalue weighted by atomic mass is 10.2. The fraction of sp³-hybridized carbons (Fsp3) is 0.588. The molecule has 1 aromatic carbocycles. The van der Waals surface area contributed by atoms with Crippen LogP contribution in [0.2, 0.25) is 0 Å². The number of carbonyl (C=O) groups is 1. The van der Waals surface area contributed by atoms with Crippen LogP contribution >= 0.6 is 0 Å². The second-order valence-electron chi connectivity index (χ2n) is 5.98. The van der Waals surface area contributed by atoms with Crippen LogP contribution in [0.25, 0.3) is 0 Å². The van der Waals surface area contributed by atoms with Crippen molar-refractivity contribution in [2.45, 2.75) is 6.54 Å². The predicted octanol–water partition coefficient (Wildman–Crippen LogP) is 0.438. The standard InChI is InChI=1S/C17H28N4O2/c1-19(13-14-22)17(23)18-7-8-20-9-11-21(12-10-20)15-16-5-3-2-4-6-16/h2-6,22H,7-15H2,1H3,(H,18,23). The van der Waals surface area contributed by atoms with Crippen LogP contribution in [0, 0.1) is 0 Å². The van der Waals surface area contributed by atoms with Crippen LogP contribution in [0.1, 0.15) is 5.56 Å². The van der Waals surface area contributed by atoms with Gasteiger partial charge in [0.25, 0.3) is 0 Å². The summed E-state index contributed by atoms with van der Waals surface area (Å²) < 4.78 is 0. The molecule has 0 saturated carbocycles. The molecule has 1 heterocycles. The first-order valence-corrected chi connectivity index (χ1v) is 8.27. The lowest BCUT2D eigenvalue weighted by Crippen LogP contribution is -2.49. The molecule has 23 heavy (non-hydrogen) atoms. The van der Waals surface area contributed by atoms with Crippen LogP contribution in [0.3, 0.4) is 0 Å². The van der Waals surface area contributed by atoms with Crippen molar-refractivity contribution < 1.29 is 9.90 Å². The van der Waals surface area contributed by atoms with Crippen molar-refractivity contribution in [2.24, 2.45) is 0 Å². The van der Waals surface area contributed by atoms with E-state index in [1.165, 1.54) is 10.5 Å². The molecule has 0 spiro atoms. The summed E-state index contributed by atoms with van der Waals surface area (Å²) in [4.78, 5) is 18.1. The Balaban J connectivity index is 1.60. The van der Waals surface area contributed by atoms with Gasteiger partial charge < -0.3 is 15.3 Å². The molecule has 1 aliphatic heterocycles. The summed E-state index contributed by atoms with van der Waals surface area (Å²) >= 11 is 0. The van der Waals surface area contributed by atoms with Crippen LogP contribution in [-0.2, 0) is 6.54 Å². The quantitative estimate of drug-likeness (QED) is 0.765. The maximum absolute atomic E-state index is 11.7. The Labute approximate surface area is 138 Å². The minimum absolute atomic E-state index is 0.00665. The monoisotopic (exact) mass is 320 g/mol. The van der Waals surface area contributed by atoms with Crippen molar-refractivity contribution in [3.05, 3.63) is 35.9 Å². The lowest BCUT2D eigenvalue weighted by Gasteiger charge is -2.34. The Morgan fingerprint density at radius 1 is 1.17 bits per heavy atom. The average molecular weight is 320 g/mol. The molecule has 128 valence electrons. The zero-order chi connectivity index (χ0) is 16.5. The number of hydrogen-bond acceptors (Lipinski definition) is 4. The maximum Gasteiger partial charge on any atom is 0.317 e. The van der Waals surface area contributed by atoms with Gasteiger partial charge >= 0.3 is 6.03 Å². The molecule has 6 nitrogen and oxygen atoms in total. The largest absolute Gasteiger partial charge is 0.395 e. The molecule has 2 amide bonds. The topological polar surface area (TPSA) is 59.1 Å². The number of rotatable bonds is 7. The van der Waals surface area contributed by atoms with E-state index in [2.05, 4.69) is 39.4 Å². The number of nitrogens with zero attached hydrogens (tertiary/aromatic N) is 3. The molecule has 6 heteroatoms. The third-order valence-corrected chi connectivity index (χ3v) is 4.20. The summed E-state index contributed by atoms with van der Waals surface area (Å²) in [6, 6.07) is 10.4. The van der Waals surface area contributed by atoms with Gasteiger partial charge in [0.05, 0.1) is 6.61 Å². The lowest BCUT2D eigenvalue weighted by molar-refractivity contribution is 0.127. The van der Waals surface area contributed by atoms with Crippen molar-refractivity contribution >= 4 is 6.03 Å². The number of carbonyl (C=O) groups excluding carboxylic acids is 1. The van der Waals surface area contributed by atoms with Gasteiger partial charge in [-0.2, -0.15) is 0 Å². The number of aliphatic hydroxyl groups is 1. The molecule has 0 atom stereocenters. The first-order chi connectivity index (χ1) is 11.2. The van der Waals surface area contributed by atoms with Crippen LogP contribution in [0.15, 0.2) is 30.3 Å². The SMILES string of the molecule is CN(CCO)C(=O)NCCN1CCN(Cc2ccccc2)CC1. The van der Waals surface area contributed by atoms with Gasteiger partial charge in [-0.15, -0.1) is 0 Å². The normalized spacial score (nSPS) is 16.3. The smallest absolute Gasteiger partial charge is 0.317 e. The molecule has 2 N–H and O–H groups in total. The van der Waals surface area contributed by atoms with Crippen molar-refractivity contribution in [3.8, 4) is 0 Å². The van der Waals surface area contributed by atoms with E-state index in [4.69, 9.17) is 5.11 Å². The van der Waals surface area contributed by atoms with Gasteiger partial charge in [-0.1, -0.05) is 30.3 Å². The number of hydrogen-bond donors (Lipinski definition) is 2. The zero-order valence-electron chi connectivity index (χ0n) is 13.9. The van der Waals surface area contributed by atoms with Crippen LogP contribution < -0.4 is 5.32 Å². The molecule has 0 bridgehead atoms. The van der Waals surface area contributed by atoms with Crippen molar-refractivity contribution in [1.82, 2.24) is 20.0 Å². The summed E-state index contributed by atoms with van der Waals surface area (Å²) in [5, 5.41) is 11.7. The van der Waals surface area contributed by atoms with Gasteiger partial charge in [0.15, 0.2) is 0 Å². The van der Waals surface area contributed by atoms with E-state index in [1.807, 2.05) is 6.07 Å². The first kappa shape index (κ1) is 17.7. The Kier molecular flexibility index (Phi) is 7.32. The molecule has 1 fully saturated rings. The number of piperazine rings is 1. The summed E-state index contributed by atoms with van der Waals surface area (Å²) in [6.07, 6.45) is 0. The van der Waals surface area contributed by atoms with E-state index in [0.717, 1.165) is 39.3 Å². The Bertz CT molecular complexity index is 461. The number of amides is 2. The van der Waals surface area contributed by atoms with Gasteiger partial charge in [0.2, 0.25) is 0 Å². The maximum atomic E-state index is 11.7. The van der Waals surface area contributed by atoms with Crippen molar-refractivity contribution in [2.75, 3.05) is 59.5 Å². The van der Waals surface area contributed by atoms with Gasteiger partial charge in [-0.05, 0) is 5.56 Å². The Morgan fingerprint density at radius 3 is 2.48 bits per heavy atom. The number of benzene rings is 1. The van der Waals surface area contributed by atoms with Crippen LogP contribution in [-0.4, -0.2) is 85.3 Å². The minimum Gasteiger partial charge on any atom is -0.395 e. The number of likely N-dealkylation sites (N-methyl/N-ethyl adjacent to an activating group) is 1. The van der Waals surface area contributed by atoms with Crippen molar-refractivity contribution in [1.29, 1.82) is 0 Å². The molecule has 1 saturated heterocycles. The van der Waals surface area contributed by atoms with E-state index in [1.54, 1.807) is 7.05 Å². The molecule has 0 aliphatic carbocycles. The molecule has 0 radical (unpaired) electrons. The Hall–Kier alpha value is -1.63. The number of aliphatic hydroxyl groups excluding tert-OH is 1. The molecule has 2 rings (SSSR count). The van der Waals surface area contributed by atoms with E-state index < -0.39 is 0 Å². The van der Waals surface area contributed by atoms with E-state index in [9.17, 15) is 4.79 Å². The molecule has 1 aromatic rings. The number of nitrogens with one attached hydrogen (secondary N) is 1. The van der Waals surface area contributed by atoms with Crippen molar-refractivity contribution in [3.63, 3.8) is 0 Å². The highest BCUT2D eigenvalue weighted by Gasteiger charge is 2.17. The summed E-state index contributed by atoms with van der Waals surface area (Å²) in [6.45, 7) is 7.09. The third kappa shape index (κ3) is 6.17. The van der Waals surface area contributed by atoms with Gasteiger partial charge in [-0.25, -0.2) is 4.79 Å². The molecular weight excluding hydrogens is 292 g/mol. The van der Waals surface area contributed by atoms with E-state index in [0.29, 0.717) is 13.1 Å². The minimum atomic E-state index is -0.123. The van der Waals surface area contributed by atoms with E-state index >= 15 is 0 Å². The summed E-state index contributed by atoms with van der Waals surface area (Å²) in [5.41, 5.74) is 1.36. The molecule has 0 aromatic heterocycles. The molecule has 0 unspecified atom stereocenters. The Morgan fingerprint density at radius 2 is 1.83 bits per heavy atom. The highest BCUT2D eigenvalue weighted by Crippen LogP contribution is 2.07. The molecule has 1 aliphatic rings. The fourth-order valence-corrected chi connectivity index (χ4v) is 2.72. The summed E-state index contributed by atoms with van der Waals surface area (Å²) in [5.74, 6) is 0. The second kappa shape index (κ2) is 9.50. The highest BCUT2D eigenvalue weighted by molar-refractivity contribution is 5.73. The fourth-order valence-electron chi connectivity index (χ4n) is 2.72. The summed E-state index contributed by atoms with van der Waals surface area (Å²) in [7, 11) is 1.69.